The number of benzene rings is 1. The van der Waals surface area contributed by atoms with E-state index < -0.39 is 0 Å². The van der Waals surface area contributed by atoms with E-state index in [1.807, 2.05) is 31.2 Å². The molecule has 13 heavy (non-hydrogen) atoms. The summed E-state index contributed by atoms with van der Waals surface area (Å²) in [7, 11) is 0. The zero-order chi connectivity index (χ0) is 9.68. The maximum atomic E-state index is 8.49. The average molecular weight is 286 g/mol. The molecule has 1 rings (SSSR count). The Labute approximate surface area is 92.1 Å². The van der Waals surface area contributed by atoms with Gasteiger partial charge in [0, 0.05) is 15.3 Å². The summed E-state index contributed by atoms with van der Waals surface area (Å²) in [6.45, 7) is 2.01. The average Bonchev–Trinajstić information content (AvgIpc) is 2.09. The summed E-state index contributed by atoms with van der Waals surface area (Å²) in [5.41, 5.74) is 1.10. The van der Waals surface area contributed by atoms with Crippen LogP contribution >= 0.6 is 22.6 Å². The Balaban J connectivity index is 2.64. The van der Waals surface area contributed by atoms with Gasteiger partial charge < -0.3 is 5.32 Å². The first-order valence-corrected chi connectivity index (χ1v) is 5.20. The van der Waals surface area contributed by atoms with Crippen LogP contribution in [0.1, 0.15) is 13.3 Å². The predicted octanol–water partition coefficient (Wildman–Crippen LogP) is 3.01. The molecule has 1 unspecified atom stereocenters. The van der Waals surface area contributed by atoms with E-state index in [-0.39, 0.29) is 6.04 Å². The third-order valence-corrected chi connectivity index (χ3v) is 2.61. The maximum absolute atomic E-state index is 8.49. The van der Waals surface area contributed by atoms with Gasteiger partial charge in [-0.25, -0.2) is 0 Å². The Hall–Kier alpha value is -0.760. The second kappa shape index (κ2) is 5.07. The zero-order valence-electron chi connectivity index (χ0n) is 7.42. The Morgan fingerprint density at radius 1 is 1.54 bits per heavy atom. The molecule has 0 bridgehead atoms. The first-order valence-electron chi connectivity index (χ1n) is 4.12. The number of hydrogen-bond acceptors (Lipinski definition) is 2. The van der Waals surface area contributed by atoms with E-state index in [9.17, 15) is 0 Å². The zero-order valence-corrected chi connectivity index (χ0v) is 9.58. The van der Waals surface area contributed by atoms with Crippen molar-refractivity contribution in [2.45, 2.75) is 19.4 Å². The van der Waals surface area contributed by atoms with Crippen molar-refractivity contribution in [2.24, 2.45) is 0 Å². The summed E-state index contributed by atoms with van der Waals surface area (Å²) in [6.07, 6.45) is 0.533. The molecule has 1 aromatic carbocycles. The molecule has 0 heterocycles. The highest BCUT2D eigenvalue weighted by molar-refractivity contribution is 14.1. The smallest absolute Gasteiger partial charge is 0.0643 e. The van der Waals surface area contributed by atoms with Gasteiger partial charge in [-0.3, -0.25) is 0 Å². The Bertz CT molecular complexity index is 317. The summed E-state index contributed by atoms with van der Waals surface area (Å²) in [4.78, 5) is 0. The van der Waals surface area contributed by atoms with Crippen LogP contribution in [-0.4, -0.2) is 6.04 Å². The predicted molar refractivity (Wildman–Crippen MR) is 62.5 cm³/mol. The minimum atomic E-state index is 0.209. The number of anilines is 1. The van der Waals surface area contributed by atoms with Gasteiger partial charge in [0.25, 0.3) is 0 Å². The molecule has 0 aliphatic carbocycles. The second-order valence-electron chi connectivity index (χ2n) is 2.89. The largest absolute Gasteiger partial charge is 0.381 e. The molecule has 0 aliphatic heterocycles. The summed E-state index contributed by atoms with van der Waals surface area (Å²) in [5.74, 6) is 0. The van der Waals surface area contributed by atoms with Gasteiger partial charge in [-0.15, -0.1) is 0 Å². The molecule has 1 N–H and O–H groups in total. The standard InChI is InChI=1S/C10H11IN2/c1-8(6-7-12)13-10-5-3-2-4-9(10)11/h2-5,8,13H,6H2,1H3. The molecule has 1 aromatic rings. The van der Waals surface area contributed by atoms with E-state index in [2.05, 4.69) is 34.0 Å². The topological polar surface area (TPSA) is 35.8 Å². The lowest BCUT2D eigenvalue weighted by atomic mass is 10.2. The minimum Gasteiger partial charge on any atom is -0.381 e. The van der Waals surface area contributed by atoms with Crippen LogP contribution < -0.4 is 5.32 Å². The van der Waals surface area contributed by atoms with Gasteiger partial charge in [0.05, 0.1) is 12.5 Å². The first-order chi connectivity index (χ1) is 6.24. The molecule has 0 fully saturated rings. The number of nitriles is 1. The molecular formula is C10H11IN2. The lowest BCUT2D eigenvalue weighted by Crippen LogP contribution is -2.14. The lowest BCUT2D eigenvalue weighted by molar-refractivity contribution is 0.820. The van der Waals surface area contributed by atoms with Gasteiger partial charge in [-0.1, -0.05) is 12.1 Å². The molecule has 68 valence electrons. The van der Waals surface area contributed by atoms with Gasteiger partial charge in [0.2, 0.25) is 0 Å². The second-order valence-corrected chi connectivity index (χ2v) is 4.05. The highest BCUT2D eigenvalue weighted by atomic mass is 127. The molecular weight excluding hydrogens is 275 g/mol. The SMILES string of the molecule is CC(CC#N)Nc1ccccc1I. The van der Waals surface area contributed by atoms with Crippen molar-refractivity contribution in [3.63, 3.8) is 0 Å². The van der Waals surface area contributed by atoms with Crippen molar-refractivity contribution in [1.29, 1.82) is 5.26 Å². The van der Waals surface area contributed by atoms with Gasteiger partial charge in [-0.05, 0) is 41.6 Å². The number of rotatable bonds is 3. The highest BCUT2D eigenvalue weighted by Gasteiger charge is 2.02. The van der Waals surface area contributed by atoms with E-state index >= 15 is 0 Å². The van der Waals surface area contributed by atoms with Crippen molar-refractivity contribution >= 4 is 28.3 Å². The van der Waals surface area contributed by atoms with Gasteiger partial charge in [-0.2, -0.15) is 5.26 Å². The van der Waals surface area contributed by atoms with Gasteiger partial charge in [0.15, 0.2) is 0 Å². The van der Waals surface area contributed by atoms with Crippen LogP contribution in [0, 0.1) is 14.9 Å². The summed E-state index contributed by atoms with van der Waals surface area (Å²) in [5, 5.41) is 11.8. The Kier molecular flexibility index (Phi) is 4.03. The third-order valence-electron chi connectivity index (χ3n) is 1.67. The fourth-order valence-electron chi connectivity index (χ4n) is 1.03. The molecule has 0 saturated heterocycles. The van der Waals surface area contributed by atoms with E-state index in [1.54, 1.807) is 0 Å². The van der Waals surface area contributed by atoms with Crippen molar-refractivity contribution in [3.8, 4) is 6.07 Å². The molecule has 0 radical (unpaired) electrons. The number of nitrogens with zero attached hydrogens (tertiary/aromatic N) is 1. The first kappa shape index (κ1) is 10.3. The molecule has 0 amide bonds. The number of nitrogens with one attached hydrogen (secondary N) is 1. The van der Waals surface area contributed by atoms with Gasteiger partial charge in [0.1, 0.15) is 0 Å². The monoisotopic (exact) mass is 286 g/mol. The molecule has 0 saturated carbocycles. The van der Waals surface area contributed by atoms with E-state index in [0.717, 1.165) is 5.69 Å². The molecule has 2 nitrogen and oxygen atoms in total. The third kappa shape index (κ3) is 3.23. The van der Waals surface area contributed by atoms with Crippen LogP contribution in [0.15, 0.2) is 24.3 Å². The van der Waals surface area contributed by atoms with Crippen LogP contribution in [-0.2, 0) is 0 Å². The number of hydrogen-bond donors (Lipinski definition) is 1. The molecule has 1 atom stereocenters. The van der Waals surface area contributed by atoms with Crippen molar-refractivity contribution < 1.29 is 0 Å². The highest BCUT2D eigenvalue weighted by Crippen LogP contribution is 2.18. The number of halogens is 1. The van der Waals surface area contributed by atoms with E-state index in [1.165, 1.54) is 3.57 Å². The fourth-order valence-corrected chi connectivity index (χ4v) is 1.57. The summed E-state index contributed by atoms with van der Waals surface area (Å²) < 4.78 is 1.19. The van der Waals surface area contributed by atoms with Crippen molar-refractivity contribution in [3.05, 3.63) is 27.8 Å². The van der Waals surface area contributed by atoms with E-state index in [4.69, 9.17) is 5.26 Å². The Morgan fingerprint density at radius 3 is 2.85 bits per heavy atom. The summed E-state index contributed by atoms with van der Waals surface area (Å²) >= 11 is 2.28. The van der Waals surface area contributed by atoms with Crippen molar-refractivity contribution in [2.75, 3.05) is 5.32 Å². The fraction of sp³-hybridized carbons (Fsp3) is 0.300. The normalized spacial score (nSPS) is 11.8. The number of para-hydroxylation sites is 1. The maximum Gasteiger partial charge on any atom is 0.0643 e. The molecule has 0 aliphatic rings. The van der Waals surface area contributed by atoms with Crippen LogP contribution in [0.2, 0.25) is 0 Å². The van der Waals surface area contributed by atoms with Crippen molar-refractivity contribution in [1.82, 2.24) is 0 Å². The Morgan fingerprint density at radius 2 is 2.23 bits per heavy atom. The molecule has 3 heteroatoms. The molecule has 0 aromatic heterocycles. The quantitative estimate of drug-likeness (QED) is 0.867. The lowest BCUT2D eigenvalue weighted by Gasteiger charge is -2.12. The van der Waals surface area contributed by atoms with Crippen LogP contribution in [0.25, 0.3) is 0 Å². The minimum absolute atomic E-state index is 0.209. The van der Waals surface area contributed by atoms with Crippen LogP contribution in [0.4, 0.5) is 5.69 Å². The van der Waals surface area contributed by atoms with Crippen LogP contribution in [0.5, 0.6) is 0 Å². The van der Waals surface area contributed by atoms with E-state index in [0.29, 0.717) is 6.42 Å². The van der Waals surface area contributed by atoms with Gasteiger partial charge >= 0.3 is 0 Å². The summed E-state index contributed by atoms with van der Waals surface area (Å²) in [6, 6.07) is 10.4. The van der Waals surface area contributed by atoms with Crippen LogP contribution in [0.3, 0.4) is 0 Å². The molecule has 0 spiro atoms.